The maximum absolute atomic E-state index is 12.3. The Morgan fingerprint density at radius 1 is 0.781 bits per heavy atom. The lowest BCUT2D eigenvalue weighted by Gasteiger charge is -2.10. The van der Waals surface area contributed by atoms with Crippen molar-refractivity contribution < 1.29 is 4.79 Å². The van der Waals surface area contributed by atoms with E-state index in [1.807, 2.05) is 36.4 Å². The SMILES string of the molecule is O=C(Cn1nc(-c2cccnc2)ccc1=O)NCCn1nc(-c2ccccc2)ccc1=O. The van der Waals surface area contributed by atoms with Crippen LogP contribution < -0.4 is 16.4 Å². The van der Waals surface area contributed by atoms with Gasteiger partial charge in [-0.3, -0.25) is 19.4 Å². The van der Waals surface area contributed by atoms with E-state index >= 15 is 0 Å². The molecule has 0 saturated heterocycles. The quantitative estimate of drug-likeness (QED) is 0.476. The second-order valence-electron chi connectivity index (χ2n) is 6.95. The second-order valence-corrected chi connectivity index (χ2v) is 6.95. The summed E-state index contributed by atoms with van der Waals surface area (Å²) in [5, 5.41) is 11.3. The summed E-state index contributed by atoms with van der Waals surface area (Å²) in [7, 11) is 0. The van der Waals surface area contributed by atoms with Crippen LogP contribution in [0.1, 0.15) is 0 Å². The number of carbonyl (C=O) groups excluding carboxylic acids is 1. The normalized spacial score (nSPS) is 10.6. The lowest BCUT2D eigenvalue weighted by molar-refractivity contribution is -0.121. The third kappa shape index (κ3) is 5.01. The van der Waals surface area contributed by atoms with Crippen LogP contribution in [0.15, 0.2) is 88.7 Å². The van der Waals surface area contributed by atoms with Crippen LogP contribution in [0.25, 0.3) is 22.5 Å². The molecule has 9 heteroatoms. The van der Waals surface area contributed by atoms with E-state index in [9.17, 15) is 14.4 Å². The average molecular weight is 428 g/mol. The predicted molar refractivity (Wildman–Crippen MR) is 119 cm³/mol. The Morgan fingerprint density at radius 2 is 1.44 bits per heavy atom. The van der Waals surface area contributed by atoms with Gasteiger partial charge in [0.2, 0.25) is 5.91 Å². The van der Waals surface area contributed by atoms with Crippen molar-refractivity contribution in [2.24, 2.45) is 0 Å². The van der Waals surface area contributed by atoms with Crippen LogP contribution in [0.5, 0.6) is 0 Å². The Labute approximate surface area is 183 Å². The van der Waals surface area contributed by atoms with Gasteiger partial charge >= 0.3 is 0 Å². The van der Waals surface area contributed by atoms with Crippen molar-refractivity contribution in [1.82, 2.24) is 29.9 Å². The molecule has 32 heavy (non-hydrogen) atoms. The van der Waals surface area contributed by atoms with Gasteiger partial charge in [-0.2, -0.15) is 10.2 Å². The Hall–Kier alpha value is -4.40. The highest BCUT2D eigenvalue weighted by atomic mass is 16.2. The summed E-state index contributed by atoms with van der Waals surface area (Å²) < 4.78 is 2.40. The zero-order chi connectivity index (χ0) is 22.3. The molecule has 9 nitrogen and oxygen atoms in total. The molecule has 0 aliphatic heterocycles. The van der Waals surface area contributed by atoms with Crippen molar-refractivity contribution in [2.45, 2.75) is 13.1 Å². The van der Waals surface area contributed by atoms with Crippen LogP contribution in [0, 0.1) is 0 Å². The predicted octanol–water partition coefficient (Wildman–Crippen LogP) is 1.35. The van der Waals surface area contributed by atoms with Gasteiger partial charge < -0.3 is 5.32 Å². The molecule has 0 atom stereocenters. The first kappa shape index (κ1) is 20.9. The molecule has 0 spiro atoms. The van der Waals surface area contributed by atoms with Crippen molar-refractivity contribution in [2.75, 3.05) is 6.54 Å². The molecule has 160 valence electrons. The molecule has 0 saturated carbocycles. The molecular weight excluding hydrogens is 408 g/mol. The van der Waals surface area contributed by atoms with E-state index in [2.05, 4.69) is 20.5 Å². The minimum Gasteiger partial charge on any atom is -0.353 e. The molecule has 0 aliphatic carbocycles. The minimum absolute atomic E-state index is 0.182. The number of nitrogens with one attached hydrogen (secondary N) is 1. The third-order valence-electron chi connectivity index (χ3n) is 4.70. The van der Waals surface area contributed by atoms with Gasteiger partial charge in [0.05, 0.1) is 17.9 Å². The molecule has 1 amide bonds. The van der Waals surface area contributed by atoms with Gasteiger partial charge in [0.1, 0.15) is 6.54 Å². The average Bonchev–Trinajstić information content (AvgIpc) is 2.83. The van der Waals surface area contributed by atoms with Crippen LogP contribution in [-0.2, 0) is 17.9 Å². The molecule has 0 unspecified atom stereocenters. The Morgan fingerprint density at radius 3 is 2.16 bits per heavy atom. The summed E-state index contributed by atoms with van der Waals surface area (Å²) in [5.74, 6) is -0.393. The molecular formula is C23H20N6O3. The fourth-order valence-electron chi connectivity index (χ4n) is 3.10. The molecule has 4 rings (SSSR count). The van der Waals surface area contributed by atoms with Gasteiger partial charge in [0.15, 0.2) is 0 Å². The number of nitrogens with zero attached hydrogens (tertiary/aromatic N) is 5. The van der Waals surface area contributed by atoms with Gasteiger partial charge in [-0.25, -0.2) is 9.36 Å². The molecule has 4 aromatic rings. The standard InChI is InChI=1S/C23H20N6O3/c30-21(16-29-23(32)11-9-20(27-29)18-7-4-12-24-15-18)25-13-14-28-22(31)10-8-19(26-28)17-5-2-1-3-6-17/h1-12,15H,13-14,16H2,(H,25,30). The number of amides is 1. The fraction of sp³-hybridized carbons (Fsp3) is 0.130. The zero-order valence-electron chi connectivity index (χ0n) is 17.1. The van der Waals surface area contributed by atoms with Gasteiger partial charge in [0, 0.05) is 42.2 Å². The number of carbonyl (C=O) groups is 1. The lowest BCUT2D eigenvalue weighted by atomic mass is 10.1. The monoisotopic (exact) mass is 428 g/mol. The van der Waals surface area contributed by atoms with Crippen LogP contribution in [0.4, 0.5) is 0 Å². The molecule has 3 heterocycles. The first-order chi connectivity index (χ1) is 15.6. The van der Waals surface area contributed by atoms with Gasteiger partial charge in [-0.05, 0) is 24.3 Å². The highest BCUT2D eigenvalue weighted by molar-refractivity contribution is 5.75. The van der Waals surface area contributed by atoms with Crippen LogP contribution in [0.2, 0.25) is 0 Å². The van der Waals surface area contributed by atoms with Gasteiger partial charge in [0.25, 0.3) is 11.1 Å². The number of hydrogen-bond acceptors (Lipinski definition) is 6. The van der Waals surface area contributed by atoms with Crippen molar-refractivity contribution in [3.05, 3.63) is 99.8 Å². The van der Waals surface area contributed by atoms with Crippen LogP contribution >= 0.6 is 0 Å². The van der Waals surface area contributed by atoms with E-state index in [1.54, 1.807) is 30.6 Å². The zero-order valence-corrected chi connectivity index (χ0v) is 17.1. The van der Waals surface area contributed by atoms with Crippen LogP contribution in [-0.4, -0.2) is 37.0 Å². The molecule has 0 radical (unpaired) electrons. The summed E-state index contributed by atoms with van der Waals surface area (Å²) in [6.07, 6.45) is 3.27. The minimum atomic E-state index is -0.393. The maximum atomic E-state index is 12.3. The maximum Gasteiger partial charge on any atom is 0.267 e. The smallest absolute Gasteiger partial charge is 0.267 e. The summed E-state index contributed by atoms with van der Waals surface area (Å²) in [6, 6.07) is 19.2. The van der Waals surface area contributed by atoms with Crippen molar-refractivity contribution in [1.29, 1.82) is 0 Å². The van der Waals surface area contributed by atoms with Gasteiger partial charge in [-0.15, -0.1) is 0 Å². The topological polar surface area (TPSA) is 112 Å². The summed E-state index contributed by atoms with van der Waals surface area (Å²) in [5.41, 5.74) is 2.19. The van der Waals surface area contributed by atoms with Crippen molar-refractivity contribution in [3.63, 3.8) is 0 Å². The van der Waals surface area contributed by atoms with E-state index in [0.717, 1.165) is 15.8 Å². The number of pyridine rings is 1. The number of hydrogen-bond donors (Lipinski definition) is 1. The molecule has 0 bridgehead atoms. The highest BCUT2D eigenvalue weighted by Gasteiger charge is 2.09. The number of rotatable bonds is 7. The van der Waals surface area contributed by atoms with Crippen LogP contribution in [0.3, 0.4) is 0 Å². The summed E-state index contributed by atoms with van der Waals surface area (Å²) >= 11 is 0. The van der Waals surface area contributed by atoms with E-state index in [1.165, 1.54) is 16.8 Å². The van der Waals surface area contributed by atoms with E-state index in [-0.39, 0.29) is 30.8 Å². The summed E-state index contributed by atoms with van der Waals surface area (Å²) in [4.78, 5) is 40.6. The number of aromatic nitrogens is 5. The Balaban J connectivity index is 1.39. The Kier molecular flexibility index (Phi) is 6.26. The fourth-order valence-corrected chi connectivity index (χ4v) is 3.10. The molecule has 3 aromatic heterocycles. The first-order valence-corrected chi connectivity index (χ1v) is 9.99. The molecule has 1 N–H and O–H groups in total. The molecule has 0 fully saturated rings. The second kappa shape index (κ2) is 9.61. The van der Waals surface area contributed by atoms with Gasteiger partial charge in [-0.1, -0.05) is 30.3 Å². The number of benzene rings is 1. The highest BCUT2D eigenvalue weighted by Crippen LogP contribution is 2.14. The summed E-state index contributed by atoms with van der Waals surface area (Å²) in [6.45, 7) is 0.143. The van der Waals surface area contributed by atoms with Crippen molar-refractivity contribution in [3.8, 4) is 22.5 Å². The first-order valence-electron chi connectivity index (χ1n) is 9.99. The van der Waals surface area contributed by atoms with Crippen molar-refractivity contribution >= 4 is 5.91 Å². The molecule has 1 aromatic carbocycles. The van der Waals surface area contributed by atoms with E-state index in [4.69, 9.17) is 0 Å². The third-order valence-corrected chi connectivity index (χ3v) is 4.70. The lowest BCUT2D eigenvalue weighted by Crippen LogP contribution is -2.36. The Bertz CT molecular complexity index is 1330. The largest absolute Gasteiger partial charge is 0.353 e. The van der Waals surface area contributed by atoms with E-state index in [0.29, 0.717) is 11.4 Å². The van der Waals surface area contributed by atoms with E-state index < -0.39 is 5.91 Å². The molecule has 0 aliphatic rings.